The lowest BCUT2D eigenvalue weighted by atomic mass is 10.1. The van der Waals surface area contributed by atoms with Crippen molar-refractivity contribution in [3.8, 4) is 0 Å². The van der Waals surface area contributed by atoms with Crippen LogP contribution in [0.4, 0.5) is 5.69 Å². The first-order valence-electron chi connectivity index (χ1n) is 11.6. The van der Waals surface area contributed by atoms with Crippen LogP contribution in [0.3, 0.4) is 0 Å². The zero-order valence-corrected chi connectivity index (χ0v) is 19.5. The van der Waals surface area contributed by atoms with E-state index in [1.54, 1.807) is 31.2 Å². The summed E-state index contributed by atoms with van der Waals surface area (Å²) in [7, 11) is 0. The third-order valence-electron chi connectivity index (χ3n) is 5.44. The molecule has 178 valence electrons. The van der Waals surface area contributed by atoms with Crippen molar-refractivity contribution in [1.29, 1.82) is 0 Å². The molecule has 7 heteroatoms. The van der Waals surface area contributed by atoms with Crippen molar-refractivity contribution in [3.63, 3.8) is 0 Å². The molecule has 0 saturated carbocycles. The van der Waals surface area contributed by atoms with E-state index in [-0.39, 0.29) is 23.4 Å². The number of nitrogens with zero attached hydrogens (tertiary/aromatic N) is 1. The maximum Gasteiger partial charge on any atom is 0.339 e. The summed E-state index contributed by atoms with van der Waals surface area (Å²) in [6.45, 7) is 4.01. The maximum atomic E-state index is 12.6. The molecule has 0 spiro atoms. The summed E-state index contributed by atoms with van der Waals surface area (Å²) in [5, 5.41) is 11.1. The number of hydrogen-bond acceptors (Lipinski definition) is 6. The second-order valence-electron chi connectivity index (χ2n) is 8.11. The first-order valence-corrected chi connectivity index (χ1v) is 11.6. The van der Waals surface area contributed by atoms with Crippen LogP contribution < -0.4 is 0 Å². The van der Waals surface area contributed by atoms with Crippen molar-refractivity contribution < 1.29 is 24.0 Å². The lowest BCUT2D eigenvalue weighted by Crippen LogP contribution is -2.14. The van der Waals surface area contributed by atoms with Crippen LogP contribution in [0.25, 0.3) is 0 Å². The van der Waals surface area contributed by atoms with Gasteiger partial charge in [-0.25, -0.2) is 9.59 Å². The Morgan fingerprint density at radius 2 is 1.42 bits per heavy atom. The molecule has 0 aromatic heterocycles. The molecule has 7 nitrogen and oxygen atoms in total. The summed E-state index contributed by atoms with van der Waals surface area (Å²) < 4.78 is 10.7. The molecule has 0 saturated heterocycles. The quantitative estimate of drug-likeness (QED) is 0.139. The second kappa shape index (κ2) is 14.0. The van der Waals surface area contributed by atoms with E-state index in [1.165, 1.54) is 50.3 Å². The van der Waals surface area contributed by atoms with Gasteiger partial charge in [0.1, 0.15) is 6.61 Å². The SMILES string of the molecule is CCCCCCCCCCOC(=O)c1ccccc1C(=O)OCc1ccc(C)c([N+](=O)[O-])c1. The molecule has 0 bridgehead atoms. The predicted molar refractivity (Wildman–Crippen MR) is 126 cm³/mol. The number of hydrogen-bond donors (Lipinski definition) is 0. The molecule has 2 rings (SSSR count). The van der Waals surface area contributed by atoms with Crippen molar-refractivity contribution in [3.05, 3.63) is 74.8 Å². The van der Waals surface area contributed by atoms with E-state index in [1.807, 2.05) is 0 Å². The molecule has 0 heterocycles. The first-order chi connectivity index (χ1) is 15.9. The third kappa shape index (κ3) is 8.67. The molecule has 33 heavy (non-hydrogen) atoms. The fourth-order valence-corrected chi connectivity index (χ4v) is 3.49. The highest BCUT2D eigenvalue weighted by molar-refractivity contribution is 6.03. The predicted octanol–water partition coefficient (Wildman–Crippen LogP) is 6.56. The Kier molecular flexibility index (Phi) is 11.1. The fraction of sp³-hybridized carbons (Fsp3) is 0.462. The fourth-order valence-electron chi connectivity index (χ4n) is 3.49. The van der Waals surface area contributed by atoms with E-state index in [0.29, 0.717) is 17.7 Å². The summed E-state index contributed by atoms with van der Waals surface area (Å²) in [5.41, 5.74) is 1.25. The number of rotatable bonds is 14. The average molecular weight is 456 g/mol. The minimum Gasteiger partial charge on any atom is -0.462 e. The molecular weight excluding hydrogens is 422 g/mol. The van der Waals surface area contributed by atoms with Crippen molar-refractivity contribution in [2.45, 2.75) is 71.8 Å². The molecule has 0 aliphatic heterocycles. The minimum absolute atomic E-state index is 0.0338. The lowest BCUT2D eigenvalue weighted by Gasteiger charge is -2.10. The van der Waals surface area contributed by atoms with Crippen LogP contribution in [0.2, 0.25) is 0 Å². The van der Waals surface area contributed by atoms with Crippen molar-refractivity contribution in [2.75, 3.05) is 6.61 Å². The number of esters is 2. The van der Waals surface area contributed by atoms with E-state index >= 15 is 0 Å². The first kappa shape index (κ1) is 26.0. The smallest absolute Gasteiger partial charge is 0.339 e. The molecule has 0 radical (unpaired) electrons. The zero-order chi connectivity index (χ0) is 24.1. The highest BCUT2D eigenvalue weighted by atomic mass is 16.6. The molecule has 2 aromatic rings. The van der Waals surface area contributed by atoms with Crippen LogP contribution in [0.5, 0.6) is 0 Å². The Morgan fingerprint density at radius 1 is 0.848 bits per heavy atom. The number of carbonyl (C=O) groups excluding carboxylic acids is 2. The van der Waals surface area contributed by atoms with Gasteiger partial charge in [-0.15, -0.1) is 0 Å². The monoisotopic (exact) mass is 455 g/mol. The van der Waals surface area contributed by atoms with Gasteiger partial charge in [0, 0.05) is 11.6 Å². The summed E-state index contributed by atoms with van der Waals surface area (Å²) in [6.07, 6.45) is 9.17. The Hall–Kier alpha value is -3.22. The topological polar surface area (TPSA) is 95.7 Å². The van der Waals surface area contributed by atoms with Crippen LogP contribution in [0, 0.1) is 17.0 Å². The summed E-state index contributed by atoms with van der Waals surface area (Å²) in [5.74, 6) is -1.24. The molecule has 0 unspecified atom stereocenters. The Bertz CT molecular complexity index is 940. The molecular formula is C26H33NO6. The van der Waals surface area contributed by atoms with Crippen LogP contribution >= 0.6 is 0 Å². The maximum absolute atomic E-state index is 12.6. The van der Waals surface area contributed by atoms with E-state index in [9.17, 15) is 19.7 Å². The van der Waals surface area contributed by atoms with Gasteiger partial charge in [0.25, 0.3) is 5.69 Å². The third-order valence-corrected chi connectivity index (χ3v) is 5.44. The van der Waals surface area contributed by atoms with Gasteiger partial charge in [0.2, 0.25) is 0 Å². The molecule has 0 atom stereocenters. The van der Waals surface area contributed by atoms with Crippen molar-refractivity contribution >= 4 is 17.6 Å². The van der Waals surface area contributed by atoms with Crippen LogP contribution in [-0.4, -0.2) is 23.5 Å². The van der Waals surface area contributed by atoms with Crippen molar-refractivity contribution in [1.82, 2.24) is 0 Å². The molecule has 0 aliphatic rings. The van der Waals surface area contributed by atoms with Gasteiger partial charge in [0.15, 0.2) is 0 Å². The molecule has 0 N–H and O–H groups in total. The van der Waals surface area contributed by atoms with Gasteiger partial charge in [0.05, 0.1) is 22.7 Å². The van der Waals surface area contributed by atoms with E-state index in [2.05, 4.69) is 6.92 Å². The van der Waals surface area contributed by atoms with Gasteiger partial charge in [-0.2, -0.15) is 0 Å². The standard InChI is InChI=1S/C26H33NO6/c1-3-4-5-6-7-8-9-12-17-32-25(28)22-13-10-11-14-23(22)26(29)33-19-21-16-15-20(2)24(18-21)27(30)31/h10-11,13-16,18H,3-9,12,17,19H2,1-2H3. The highest BCUT2D eigenvalue weighted by Crippen LogP contribution is 2.20. The summed E-state index contributed by atoms with van der Waals surface area (Å²) in [6, 6.07) is 11.0. The number of unbranched alkanes of at least 4 members (excludes halogenated alkanes) is 7. The normalized spacial score (nSPS) is 10.6. The number of aryl methyl sites for hydroxylation is 1. The van der Waals surface area contributed by atoms with Crippen molar-refractivity contribution in [2.24, 2.45) is 0 Å². The Balaban J connectivity index is 1.85. The molecule has 0 aliphatic carbocycles. The van der Waals surface area contributed by atoms with E-state index < -0.39 is 16.9 Å². The number of nitro groups is 1. The number of benzene rings is 2. The van der Waals surface area contributed by atoms with Crippen LogP contribution in [-0.2, 0) is 16.1 Å². The zero-order valence-electron chi connectivity index (χ0n) is 19.5. The summed E-state index contributed by atoms with van der Waals surface area (Å²) in [4.78, 5) is 35.7. The number of carbonyl (C=O) groups is 2. The van der Waals surface area contributed by atoms with Gasteiger partial charge in [-0.05, 0) is 31.0 Å². The van der Waals surface area contributed by atoms with Crippen LogP contribution in [0.1, 0.15) is 90.1 Å². The Morgan fingerprint density at radius 3 is 2.03 bits per heavy atom. The number of ether oxygens (including phenoxy) is 2. The van der Waals surface area contributed by atoms with Gasteiger partial charge < -0.3 is 9.47 Å². The molecule has 0 fully saturated rings. The summed E-state index contributed by atoms with van der Waals surface area (Å²) >= 11 is 0. The minimum atomic E-state index is -0.683. The Labute approximate surface area is 195 Å². The average Bonchev–Trinajstić information content (AvgIpc) is 2.82. The van der Waals surface area contributed by atoms with E-state index in [4.69, 9.17) is 9.47 Å². The lowest BCUT2D eigenvalue weighted by molar-refractivity contribution is -0.385. The molecule has 2 aromatic carbocycles. The van der Waals surface area contributed by atoms with Gasteiger partial charge in [-0.1, -0.05) is 76.1 Å². The number of nitro benzene ring substituents is 1. The van der Waals surface area contributed by atoms with Gasteiger partial charge >= 0.3 is 11.9 Å². The molecule has 0 amide bonds. The van der Waals surface area contributed by atoms with E-state index in [0.717, 1.165) is 19.3 Å². The second-order valence-corrected chi connectivity index (χ2v) is 8.11. The highest BCUT2D eigenvalue weighted by Gasteiger charge is 2.19. The van der Waals surface area contributed by atoms with Crippen LogP contribution in [0.15, 0.2) is 42.5 Å². The largest absolute Gasteiger partial charge is 0.462 e. The van der Waals surface area contributed by atoms with Gasteiger partial charge in [-0.3, -0.25) is 10.1 Å².